The summed E-state index contributed by atoms with van der Waals surface area (Å²) in [5.74, 6) is 0.715. The molecule has 1 saturated heterocycles. The fraction of sp³-hybridized carbons (Fsp3) is 1.00. The predicted molar refractivity (Wildman–Crippen MR) is 42.7 cm³/mol. The maximum absolute atomic E-state index is 4.20. The van der Waals surface area contributed by atoms with E-state index in [1.807, 2.05) is 0 Å². The summed E-state index contributed by atoms with van der Waals surface area (Å²) in [6, 6.07) is 0. The second kappa shape index (κ2) is 2.50. The van der Waals surface area contributed by atoms with E-state index in [1.54, 1.807) is 0 Å². The van der Waals surface area contributed by atoms with Gasteiger partial charge < -0.3 is 4.90 Å². The largest absolute Gasteiger partial charge is 0.306 e. The van der Waals surface area contributed by atoms with E-state index in [0.717, 1.165) is 13.1 Å². The number of rotatable bonds is 1. The van der Waals surface area contributed by atoms with Crippen LogP contribution in [0.3, 0.4) is 0 Å². The Labute approximate surface area is 61.3 Å². The summed E-state index contributed by atoms with van der Waals surface area (Å²) in [6.45, 7) is 2.33. The van der Waals surface area contributed by atoms with Gasteiger partial charge in [0.2, 0.25) is 0 Å². The lowest BCUT2D eigenvalue weighted by Crippen LogP contribution is -2.46. The summed E-state index contributed by atoms with van der Waals surface area (Å²) in [5.41, 5.74) is 0. The molecule has 3 heteroatoms. The van der Waals surface area contributed by atoms with Crippen molar-refractivity contribution in [2.24, 2.45) is 5.92 Å². The van der Waals surface area contributed by atoms with Gasteiger partial charge in [-0.3, -0.25) is 0 Å². The van der Waals surface area contributed by atoms with Crippen molar-refractivity contribution >= 4 is 25.3 Å². The molecule has 1 aliphatic rings. The summed E-state index contributed by atoms with van der Waals surface area (Å²) in [7, 11) is 2.11. The highest BCUT2D eigenvalue weighted by Crippen LogP contribution is 2.22. The summed E-state index contributed by atoms with van der Waals surface area (Å²) < 4.78 is 0.284. The second-order valence-corrected chi connectivity index (χ2v) is 3.91. The zero-order chi connectivity index (χ0) is 6.15. The Bertz CT molecular complexity index is 78.5. The van der Waals surface area contributed by atoms with Crippen molar-refractivity contribution in [3.05, 3.63) is 0 Å². The minimum Gasteiger partial charge on any atom is -0.306 e. The van der Waals surface area contributed by atoms with E-state index in [2.05, 4.69) is 37.2 Å². The zero-order valence-electron chi connectivity index (χ0n) is 4.91. The minimum absolute atomic E-state index is 0.284. The molecule has 0 spiro atoms. The van der Waals surface area contributed by atoms with Gasteiger partial charge in [-0.25, -0.2) is 0 Å². The van der Waals surface area contributed by atoms with Gasteiger partial charge in [0.25, 0.3) is 0 Å². The van der Waals surface area contributed by atoms with Crippen LogP contribution in [-0.2, 0) is 0 Å². The van der Waals surface area contributed by atoms with E-state index < -0.39 is 0 Å². The third kappa shape index (κ3) is 1.33. The topological polar surface area (TPSA) is 3.24 Å². The van der Waals surface area contributed by atoms with Crippen molar-refractivity contribution in [2.45, 2.75) is 4.58 Å². The van der Waals surface area contributed by atoms with Crippen LogP contribution in [0.5, 0.6) is 0 Å². The van der Waals surface area contributed by atoms with Gasteiger partial charge >= 0.3 is 0 Å². The Hall–Kier alpha value is 0.660. The number of thiol groups is 2. The Kier molecular flexibility index (Phi) is 2.12. The zero-order valence-corrected chi connectivity index (χ0v) is 6.70. The van der Waals surface area contributed by atoms with Gasteiger partial charge in [0, 0.05) is 23.6 Å². The van der Waals surface area contributed by atoms with Gasteiger partial charge in [-0.05, 0) is 7.05 Å². The van der Waals surface area contributed by atoms with Crippen LogP contribution in [-0.4, -0.2) is 29.6 Å². The molecular formula is C5H11NS2. The molecule has 0 atom stereocenters. The molecule has 0 amide bonds. The molecule has 0 N–H and O–H groups in total. The lowest BCUT2D eigenvalue weighted by molar-refractivity contribution is 0.148. The van der Waals surface area contributed by atoms with Crippen molar-refractivity contribution in [1.29, 1.82) is 0 Å². The first-order valence-corrected chi connectivity index (χ1v) is 3.78. The molecule has 0 saturated carbocycles. The van der Waals surface area contributed by atoms with E-state index >= 15 is 0 Å². The Morgan fingerprint density at radius 2 is 2.00 bits per heavy atom. The van der Waals surface area contributed by atoms with Crippen molar-refractivity contribution in [2.75, 3.05) is 20.1 Å². The maximum atomic E-state index is 4.20. The SMILES string of the molecule is CN1CC(C(S)S)C1. The molecule has 0 aromatic heterocycles. The van der Waals surface area contributed by atoms with Crippen molar-refractivity contribution in [3.63, 3.8) is 0 Å². The molecule has 0 aliphatic carbocycles. The summed E-state index contributed by atoms with van der Waals surface area (Å²) >= 11 is 8.40. The fourth-order valence-electron chi connectivity index (χ4n) is 0.936. The van der Waals surface area contributed by atoms with E-state index in [-0.39, 0.29) is 4.58 Å². The maximum Gasteiger partial charge on any atom is 0.0494 e. The van der Waals surface area contributed by atoms with E-state index in [4.69, 9.17) is 0 Å². The molecule has 0 aromatic rings. The van der Waals surface area contributed by atoms with Crippen molar-refractivity contribution < 1.29 is 0 Å². The summed E-state index contributed by atoms with van der Waals surface area (Å²) in [4.78, 5) is 2.27. The lowest BCUT2D eigenvalue weighted by Gasteiger charge is -2.37. The van der Waals surface area contributed by atoms with Crippen LogP contribution in [0.15, 0.2) is 0 Å². The predicted octanol–water partition coefficient (Wildman–Crippen LogP) is 0.734. The average Bonchev–Trinajstić information content (AvgIpc) is 1.57. The van der Waals surface area contributed by atoms with Gasteiger partial charge in [0.1, 0.15) is 0 Å². The van der Waals surface area contributed by atoms with Crippen molar-refractivity contribution in [1.82, 2.24) is 4.90 Å². The second-order valence-electron chi connectivity index (χ2n) is 2.39. The molecule has 1 nitrogen and oxygen atoms in total. The molecule has 1 heterocycles. The van der Waals surface area contributed by atoms with Crippen molar-refractivity contribution in [3.8, 4) is 0 Å². The highest BCUT2D eigenvalue weighted by atomic mass is 32.2. The first-order chi connectivity index (χ1) is 3.70. The highest BCUT2D eigenvalue weighted by molar-refractivity contribution is 7.99. The number of nitrogens with zero attached hydrogens (tertiary/aromatic N) is 1. The molecule has 8 heavy (non-hydrogen) atoms. The monoisotopic (exact) mass is 149 g/mol. The minimum atomic E-state index is 0.284. The van der Waals surface area contributed by atoms with E-state index in [0.29, 0.717) is 5.92 Å². The Morgan fingerprint density at radius 3 is 2.12 bits per heavy atom. The average molecular weight is 149 g/mol. The van der Waals surface area contributed by atoms with Gasteiger partial charge in [-0.15, -0.1) is 0 Å². The first kappa shape index (κ1) is 6.78. The normalized spacial score (nSPS) is 24.0. The molecule has 0 aromatic carbocycles. The molecule has 0 unspecified atom stereocenters. The van der Waals surface area contributed by atoms with E-state index in [1.165, 1.54) is 0 Å². The first-order valence-electron chi connectivity index (χ1n) is 2.75. The molecule has 1 rings (SSSR count). The number of likely N-dealkylation sites (tertiary alicyclic amines) is 1. The third-order valence-electron chi connectivity index (χ3n) is 1.51. The Morgan fingerprint density at radius 1 is 1.50 bits per heavy atom. The van der Waals surface area contributed by atoms with E-state index in [9.17, 15) is 0 Å². The van der Waals surface area contributed by atoms with Crippen LogP contribution in [0.2, 0.25) is 0 Å². The van der Waals surface area contributed by atoms with Crippen LogP contribution in [0, 0.1) is 5.92 Å². The molecule has 48 valence electrons. The molecule has 1 fully saturated rings. The quantitative estimate of drug-likeness (QED) is 0.411. The lowest BCUT2D eigenvalue weighted by atomic mass is 10.0. The van der Waals surface area contributed by atoms with Gasteiger partial charge in [0.15, 0.2) is 0 Å². The summed E-state index contributed by atoms with van der Waals surface area (Å²) in [5, 5.41) is 0. The molecule has 1 aliphatic heterocycles. The van der Waals surface area contributed by atoms with Crippen LogP contribution in [0.25, 0.3) is 0 Å². The number of hydrogen-bond donors (Lipinski definition) is 2. The van der Waals surface area contributed by atoms with Crippen LogP contribution >= 0.6 is 25.3 Å². The van der Waals surface area contributed by atoms with Crippen LogP contribution in [0.1, 0.15) is 0 Å². The Balaban J connectivity index is 2.15. The van der Waals surface area contributed by atoms with Gasteiger partial charge in [-0.2, -0.15) is 25.3 Å². The molecule has 0 bridgehead atoms. The fourth-order valence-corrected chi connectivity index (χ4v) is 1.31. The standard InChI is InChI=1S/C5H11NS2/c1-6-2-4(3-6)5(7)8/h4-5,7-8H,2-3H2,1H3. The van der Waals surface area contributed by atoms with Crippen LogP contribution < -0.4 is 0 Å². The van der Waals surface area contributed by atoms with Gasteiger partial charge in [-0.1, -0.05) is 0 Å². The number of hydrogen-bond acceptors (Lipinski definition) is 3. The third-order valence-corrected chi connectivity index (χ3v) is 2.36. The molecule has 0 radical (unpaired) electrons. The van der Waals surface area contributed by atoms with Crippen LogP contribution in [0.4, 0.5) is 0 Å². The smallest absolute Gasteiger partial charge is 0.0494 e. The highest BCUT2D eigenvalue weighted by Gasteiger charge is 2.26. The molecular weight excluding hydrogens is 138 g/mol. The summed E-state index contributed by atoms with van der Waals surface area (Å²) in [6.07, 6.45) is 0. The van der Waals surface area contributed by atoms with Gasteiger partial charge in [0.05, 0.1) is 0 Å².